The highest BCUT2D eigenvalue weighted by Crippen LogP contribution is 2.40. The maximum absolute atomic E-state index is 10.0. The lowest BCUT2D eigenvalue weighted by molar-refractivity contribution is 0.953. The van der Waals surface area contributed by atoms with E-state index in [4.69, 9.17) is 29.2 Å². The van der Waals surface area contributed by atoms with E-state index in [1.165, 1.54) is 0 Å². The monoisotopic (exact) mass is 745 g/mol. The van der Waals surface area contributed by atoms with Gasteiger partial charge in [0.25, 0.3) is 0 Å². The lowest BCUT2D eigenvalue weighted by atomic mass is 10.1. The van der Waals surface area contributed by atoms with Crippen molar-refractivity contribution >= 4 is 65.4 Å². The predicted octanol–water partition coefficient (Wildman–Crippen LogP) is 12.5. The first-order valence-corrected chi connectivity index (χ1v) is 17.8. The number of fused-ring (bicyclic) bond motifs is 9. The number of rotatable bonds is 5. The van der Waals surface area contributed by atoms with Crippen molar-refractivity contribution < 1.29 is 23.3 Å². The molecule has 0 aliphatic heterocycles. The predicted molar refractivity (Wildman–Crippen MR) is 234 cm³/mol. The summed E-state index contributed by atoms with van der Waals surface area (Å²) in [4.78, 5) is 14.4. The average Bonchev–Trinajstić information content (AvgIpc) is 4.04. The molecule has 0 aliphatic rings. The molecule has 8 aromatic carbocycles. The van der Waals surface area contributed by atoms with Gasteiger partial charge in [-0.25, -0.2) is 4.98 Å². The summed E-state index contributed by atoms with van der Waals surface area (Å²) in [6.45, 7) is 0. The first-order chi connectivity index (χ1) is 35.3. The van der Waals surface area contributed by atoms with Crippen LogP contribution in [0.15, 0.2) is 194 Å². The third-order valence-electron chi connectivity index (χ3n) is 10.1. The van der Waals surface area contributed by atoms with E-state index in [2.05, 4.69) is 15.6 Å². The number of hydrogen-bond acceptors (Lipinski definition) is 3. The minimum atomic E-state index is -0.803. The summed E-state index contributed by atoms with van der Waals surface area (Å²) in [5.74, 6) is -1.21. The molecular weight excluding hydrogens is 697 g/mol. The zero-order valence-corrected chi connectivity index (χ0v) is 29.3. The molecule has 0 radical (unpaired) electrons. The van der Waals surface area contributed by atoms with Crippen molar-refractivity contribution in [2.24, 2.45) is 0 Å². The van der Waals surface area contributed by atoms with Gasteiger partial charge in [-0.05, 0) is 60.6 Å². The molecule has 12 rings (SSSR count). The van der Waals surface area contributed by atoms with E-state index in [-0.39, 0.29) is 16.7 Å². The fourth-order valence-corrected chi connectivity index (χ4v) is 7.75. The second kappa shape index (κ2) is 12.3. The van der Waals surface area contributed by atoms with Gasteiger partial charge in [0.2, 0.25) is 5.95 Å². The summed E-state index contributed by atoms with van der Waals surface area (Å²) in [5.41, 5.74) is 1.17. The molecule has 0 aliphatic carbocycles. The number of benzene rings is 8. The first-order valence-electron chi connectivity index (χ1n) is 26.3. The molecule has 0 bridgehead atoms. The molecule has 266 valence electrons. The van der Waals surface area contributed by atoms with E-state index in [1.54, 1.807) is 10.6 Å². The lowest BCUT2D eigenvalue weighted by Gasteiger charge is -2.12. The highest BCUT2D eigenvalue weighted by Gasteiger charge is 2.22. The first kappa shape index (κ1) is 19.2. The van der Waals surface area contributed by atoms with E-state index in [9.17, 15) is 4.11 Å². The van der Waals surface area contributed by atoms with E-state index in [1.807, 2.05) is 78.9 Å². The largest absolute Gasteiger partial charge is 0.309 e. The summed E-state index contributed by atoms with van der Waals surface area (Å²) in [5, 5.41) is 2.64. The number of hydrogen-bond donors (Lipinski definition) is 0. The molecule has 0 atom stereocenters. The van der Waals surface area contributed by atoms with Gasteiger partial charge in [0.15, 0.2) is 11.6 Å². The van der Waals surface area contributed by atoms with Gasteiger partial charge in [0.05, 0.1) is 56.4 Å². The van der Waals surface area contributed by atoms with Crippen LogP contribution in [0.5, 0.6) is 0 Å². The normalized spacial score (nSPS) is 16.0. The van der Waals surface area contributed by atoms with Crippen molar-refractivity contribution in [2.75, 3.05) is 0 Å². The van der Waals surface area contributed by atoms with E-state index in [0.29, 0.717) is 11.0 Å². The lowest BCUT2D eigenvalue weighted by Crippen LogP contribution is -2.06. The van der Waals surface area contributed by atoms with Crippen molar-refractivity contribution in [3.8, 4) is 40.1 Å². The molecular formula is C51H32N6. The Labute approximate surface area is 351 Å². The molecule has 0 fully saturated rings. The minimum Gasteiger partial charge on any atom is -0.309 e. The molecule has 6 nitrogen and oxygen atoms in total. The Morgan fingerprint density at radius 1 is 0.351 bits per heavy atom. The highest BCUT2D eigenvalue weighted by atomic mass is 15.2. The molecule has 0 saturated heterocycles. The molecule has 6 heteroatoms. The highest BCUT2D eigenvalue weighted by molar-refractivity contribution is 6.19. The van der Waals surface area contributed by atoms with Gasteiger partial charge in [-0.15, -0.1) is 0 Å². The van der Waals surface area contributed by atoms with Crippen LogP contribution >= 0.6 is 0 Å². The molecule has 0 N–H and O–H groups in total. The standard InChI is InChI=1S/C51H32N6/c1-4-16-33(17-5-1)49-52-50(34-28-29-40-37-22-10-13-25-43(37)55(46(40)30-34)35-18-6-2-7-19-35)54-51(53-49)57-45-27-15-12-24-39(45)42-31-41-38-23-11-14-26-44(38)56(47(41)32-48(42)57)36-20-8-3-9-21-36/h1-32H/i1D,2D,4D,5D,6D,7D,10D,13D,16D,17D,18D,19D,22D,25D,28D,29D,30D. The molecule has 4 heterocycles. The molecule has 57 heavy (non-hydrogen) atoms. The Bertz CT molecular complexity index is 4470. The zero-order valence-electron chi connectivity index (χ0n) is 46.3. The van der Waals surface area contributed by atoms with E-state index < -0.39 is 142 Å². The topological polar surface area (TPSA) is 53.5 Å². The fourth-order valence-electron chi connectivity index (χ4n) is 7.75. The van der Waals surface area contributed by atoms with E-state index in [0.717, 1.165) is 42.8 Å². The molecule has 4 aromatic heterocycles. The Hall–Kier alpha value is -7.83. The molecule has 12 aromatic rings. The van der Waals surface area contributed by atoms with Crippen molar-refractivity contribution in [3.63, 3.8) is 0 Å². The van der Waals surface area contributed by atoms with Crippen LogP contribution in [0, 0.1) is 0 Å². The van der Waals surface area contributed by atoms with Crippen molar-refractivity contribution in [1.29, 1.82) is 0 Å². The summed E-state index contributed by atoms with van der Waals surface area (Å²) in [6.07, 6.45) is 0. The van der Waals surface area contributed by atoms with Crippen LogP contribution in [-0.4, -0.2) is 28.7 Å². The van der Waals surface area contributed by atoms with Crippen LogP contribution < -0.4 is 0 Å². The summed E-state index contributed by atoms with van der Waals surface area (Å²) < 4.78 is 156. The Kier molecular flexibility index (Phi) is 4.15. The van der Waals surface area contributed by atoms with Gasteiger partial charge in [-0.3, -0.25) is 4.57 Å². The molecule has 0 spiro atoms. The van der Waals surface area contributed by atoms with Gasteiger partial charge < -0.3 is 9.13 Å². The van der Waals surface area contributed by atoms with Crippen LogP contribution in [0.1, 0.15) is 23.3 Å². The minimum absolute atomic E-state index is 0.207. The number of aromatic nitrogens is 6. The maximum Gasteiger partial charge on any atom is 0.238 e. The summed E-state index contributed by atoms with van der Waals surface area (Å²) >= 11 is 0. The van der Waals surface area contributed by atoms with Crippen LogP contribution in [-0.2, 0) is 0 Å². The van der Waals surface area contributed by atoms with Gasteiger partial charge in [-0.1, -0.05) is 133 Å². The molecule has 0 unspecified atom stereocenters. The van der Waals surface area contributed by atoms with Crippen molar-refractivity contribution in [2.45, 2.75) is 0 Å². The maximum atomic E-state index is 10.0. The van der Waals surface area contributed by atoms with Crippen LogP contribution in [0.3, 0.4) is 0 Å². The SMILES string of the molecule is [2H]c1c([2H])c([2H])c(-c2nc(-c3c([2H])c([2H])c4c5c([2H])c([2H])c([2H])c([2H])c5n(-c5c([2H])c([2H])c([2H])c([2H])c5[2H])c4c3[2H])nc(-n3c4ccccc4c4cc5c6ccccc6n(-c6ccccc6)c5cc43)n2)c([2H])c1[2H]. The second-order valence-corrected chi connectivity index (χ2v) is 13.2. The van der Waals surface area contributed by atoms with Gasteiger partial charge in [-0.2, -0.15) is 9.97 Å². The quantitative estimate of drug-likeness (QED) is 0.176. The number of para-hydroxylation sites is 5. The van der Waals surface area contributed by atoms with E-state index >= 15 is 0 Å². The molecule has 0 saturated carbocycles. The Morgan fingerprint density at radius 2 is 0.930 bits per heavy atom. The average molecular weight is 746 g/mol. The third kappa shape index (κ3) is 4.81. The van der Waals surface area contributed by atoms with Gasteiger partial charge in [0.1, 0.15) is 0 Å². The van der Waals surface area contributed by atoms with Crippen LogP contribution in [0.25, 0.3) is 106 Å². The van der Waals surface area contributed by atoms with Gasteiger partial charge >= 0.3 is 0 Å². The van der Waals surface area contributed by atoms with Crippen molar-refractivity contribution in [3.05, 3.63) is 194 Å². The van der Waals surface area contributed by atoms with Gasteiger partial charge in [0, 0.05) is 54.8 Å². The smallest absolute Gasteiger partial charge is 0.238 e. The van der Waals surface area contributed by atoms with Crippen LogP contribution in [0.2, 0.25) is 0 Å². The molecule has 0 amide bonds. The second-order valence-electron chi connectivity index (χ2n) is 13.2. The van der Waals surface area contributed by atoms with Crippen LogP contribution in [0.4, 0.5) is 0 Å². The summed E-state index contributed by atoms with van der Waals surface area (Å²) in [6, 6.07) is 16.5. The van der Waals surface area contributed by atoms with Crippen molar-refractivity contribution in [1.82, 2.24) is 28.7 Å². The zero-order chi connectivity index (χ0) is 52.2. The Morgan fingerprint density at radius 3 is 1.68 bits per heavy atom. The fraction of sp³-hybridized carbons (Fsp3) is 0. The third-order valence-corrected chi connectivity index (χ3v) is 10.1. The summed E-state index contributed by atoms with van der Waals surface area (Å²) in [7, 11) is 0. The number of nitrogens with zero attached hydrogens (tertiary/aromatic N) is 6. The Balaban J connectivity index is 1.26.